The molecule has 0 spiro atoms. The van der Waals surface area contributed by atoms with Gasteiger partial charge in [-0.25, -0.2) is 0 Å². The van der Waals surface area contributed by atoms with Gasteiger partial charge in [-0.05, 0) is 19.4 Å². The Morgan fingerprint density at radius 2 is 1.53 bits per heavy atom. The Hall–Kier alpha value is -1.37. The molecule has 0 amide bonds. The lowest BCUT2D eigenvalue weighted by Gasteiger charge is -2.04. The first-order valence-electron chi connectivity index (χ1n) is 6.30. The molecule has 0 aliphatic carbocycles. The molecule has 0 aliphatic heterocycles. The second kappa shape index (κ2) is 8.74. The third-order valence-corrected chi connectivity index (χ3v) is 2.47. The Morgan fingerprint density at radius 1 is 1.06 bits per heavy atom. The smallest absolute Gasteiger partial charge is 0.160 e. The first kappa shape index (κ1) is 15.6. The Bertz CT molecular complexity index is 329. The summed E-state index contributed by atoms with van der Waals surface area (Å²) in [6, 6.07) is 7.52. The van der Waals surface area contributed by atoms with Crippen LogP contribution in [0.3, 0.4) is 0 Å². The molecule has 0 bridgehead atoms. The van der Waals surface area contributed by atoms with Crippen molar-refractivity contribution >= 4 is 11.4 Å². The molecule has 94 valence electrons. The first-order valence-corrected chi connectivity index (χ1v) is 6.30. The fraction of sp³-hybridized carbons (Fsp3) is 0.438. The number of ketones is 1. The van der Waals surface area contributed by atoms with Crippen LogP contribution in [0.2, 0.25) is 0 Å². The van der Waals surface area contributed by atoms with Crippen molar-refractivity contribution in [2.45, 2.75) is 47.0 Å². The van der Waals surface area contributed by atoms with Gasteiger partial charge in [-0.15, -0.1) is 0 Å². The van der Waals surface area contributed by atoms with Gasteiger partial charge in [0.1, 0.15) is 0 Å². The highest BCUT2D eigenvalue weighted by atomic mass is 16.1. The van der Waals surface area contributed by atoms with Crippen molar-refractivity contribution in [3.63, 3.8) is 0 Å². The third kappa shape index (κ3) is 6.06. The lowest BCUT2D eigenvalue weighted by molar-refractivity contribution is 0.101. The van der Waals surface area contributed by atoms with Crippen LogP contribution < -0.4 is 0 Å². The van der Waals surface area contributed by atoms with Gasteiger partial charge in [-0.2, -0.15) is 0 Å². The standard InChI is InChI=1S/C11H12O.C5H12/c1-8(2)10-6-4-5-7-11(10)9(3)12;1-3-5-4-2/h4-7H,1H2,2-3H3;3-5H2,1-2H3. The van der Waals surface area contributed by atoms with E-state index in [1.165, 1.54) is 19.3 Å². The van der Waals surface area contributed by atoms with Gasteiger partial charge in [0.2, 0.25) is 0 Å². The van der Waals surface area contributed by atoms with Crippen LogP contribution in [0.5, 0.6) is 0 Å². The highest BCUT2D eigenvalue weighted by Crippen LogP contribution is 2.16. The van der Waals surface area contributed by atoms with E-state index in [1.807, 2.05) is 31.2 Å². The maximum absolute atomic E-state index is 11.1. The Kier molecular flexibility index (Phi) is 8.04. The Morgan fingerprint density at radius 3 is 1.76 bits per heavy atom. The van der Waals surface area contributed by atoms with Gasteiger partial charge in [0, 0.05) is 5.56 Å². The molecular weight excluding hydrogens is 208 g/mol. The highest BCUT2D eigenvalue weighted by Gasteiger charge is 2.05. The summed E-state index contributed by atoms with van der Waals surface area (Å²) in [5.41, 5.74) is 2.64. The molecule has 0 aliphatic rings. The van der Waals surface area contributed by atoms with E-state index in [2.05, 4.69) is 20.4 Å². The Balaban J connectivity index is 0.000000437. The Labute approximate surface area is 106 Å². The maximum atomic E-state index is 11.1. The number of unbranched alkanes of at least 4 members (excludes halogenated alkanes) is 2. The van der Waals surface area contributed by atoms with Crippen LogP contribution in [0, 0.1) is 0 Å². The monoisotopic (exact) mass is 232 g/mol. The molecule has 0 saturated carbocycles. The van der Waals surface area contributed by atoms with E-state index < -0.39 is 0 Å². The lowest BCUT2D eigenvalue weighted by atomic mass is 10.00. The minimum atomic E-state index is 0.0913. The van der Waals surface area contributed by atoms with Crippen LogP contribution in [0.25, 0.3) is 5.57 Å². The highest BCUT2D eigenvalue weighted by molar-refractivity contribution is 5.98. The molecule has 1 aromatic carbocycles. The summed E-state index contributed by atoms with van der Waals surface area (Å²) in [6.07, 6.45) is 4.08. The van der Waals surface area contributed by atoms with Gasteiger partial charge in [-0.1, -0.05) is 69.5 Å². The average molecular weight is 232 g/mol. The number of carbonyl (C=O) groups is 1. The number of benzene rings is 1. The second-order valence-corrected chi connectivity index (χ2v) is 4.24. The molecule has 0 saturated heterocycles. The molecule has 1 nitrogen and oxygen atoms in total. The lowest BCUT2D eigenvalue weighted by Crippen LogP contribution is -1.96. The molecule has 1 rings (SSSR count). The zero-order valence-corrected chi connectivity index (χ0v) is 11.5. The molecule has 0 N–H and O–H groups in total. The fourth-order valence-electron chi connectivity index (χ4n) is 1.52. The van der Waals surface area contributed by atoms with E-state index in [0.29, 0.717) is 0 Å². The zero-order chi connectivity index (χ0) is 13.3. The summed E-state index contributed by atoms with van der Waals surface area (Å²) < 4.78 is 0. The minimum absolute atomic E-state index is 0.0913. The molecule has 0 heterocycles. The van der Waals surface area contributed by atoms with Gasteiger partial charge in [0.15, 0.2) is 5.78 Å². The predicted molar refractivity (Wildman–Crippen MR) is 76.4 cm³/mol. The van der Waals surface area contributed by atoms with Crippen LogP contribution in [0.4, 0.5) is 0 Å². The molecule has 1 heteroatoms. The van der Waals surface area contributed by atoms with Crippen LogP contribution >= 0.6 is 0 Å². The van der Waals surface area contributed by atoms with Crippen LogP contribution in [0.1, 0.15) is 62.9 Å². The van der Waals surface area contributed by atoms with Crippen LogP contribution in [-0.4, -0.2) is 5.78 Å². The predicted octanol–water partition coefficient (Wildman–Crippen LogP) is 5.12. The number of Topliss-reactive ketones (excluding diaryl/α,β-unsaturated/α-hetero) is 1. The minimum Gasteiger partial charge on any atom is -0.294 e. The van der Waals surface area contributed by atoms with E-state index >= 15 is 0 Å². The first-order chi connectivity index (χ1) is 8.04. The topological polar surface area (TPSA) is 17.1 Å². The number of allylic oxidation sites excluding steroid dienone is 1. The van der Waals surface area contributed by atoms with Crippen LogP contribution in [0.15, 0.2) is 30.8 Å². The van der Waals surface area contributed by atoms with Gasteiger partial charge >= 0.3 is 0 Å². The normalized spacial score (nSPS) is 9.18. The quantitative estimate of drug-likeness (QED) is 0.658. The molecule has 1 aromatic rings. The molecule has 0 unspecified atom stereocenters. The largest absolute Gasteiger partial charge is 0.294 e. The molecular formula is C16H24O. The fourth-order valence-corrected chi connectivity index (χ4v) is 1.52. The van der Waals surface area contributed by atoms with Crippen molar-refractivity contribution in [2.75, 3.05) is 0 Å². The summed E-state index contributed by atoms with van der Waals surface area (Å²) in [5.74, 6) is 0.0913. The molecule has 17 heavy (non-hydrogen) atoms. The average Bonchev–Trinajstić information content (AvgIpc) is 2.30. The number of hydrogen-bond acceptors (Lipinski definition) is 1. The van der Waals surface area contributed by atoms with Crippen molar-refractivity contribution in [2.24, 2.45) is 0 Å². The number of hydrogen-bond donors (Lipinski definition) is 0. The van der Waals surface area contributed by atoms with E-state index in [4.69, 9.17) is 0 Å². The summed E-state index contributed by atoms with van der Waals surface area (Å²) in [7, 11) is 0. The maximum Gasteiger partial charge on any atom is 0.160 e. The summed E-state index contributed by atoms with van der Waals surface area (Å²) in [4.78, 5) is 11.1. The van der Waals surface area contributed by atoms with Gasteiger partial charge in [-0.3, -0.25) is 4.79 Å². The third-order valence-electron chi connectivity index (χ3n) is 2.47. The molecule has 0 aromatic heterocycles. The zero-order valence-electron chi connectivity index (χ0n) is 11.5. The van der Waals surface area contributed by atoms with Crippen LogP contribution in [-0.2, 0) is 0 Å². The van der Waals surface area contributed by atoms with Crippen molar-refractivity contribution in [3.8, 4) is 0 Å². The van der Waals surface area contributed by atoms with Crippen molar-refractivity contribution < 1.29 is 4.79 Å². The summed E-state index contributed by atoms with van der Waals surface area (Å²) in [6.45, 7) is 11.7. The second-order valence-electron chi connectivity index (χ2n) is 4.24. The molecule has 0 fully saturated rings. The molecule has 0 atom stereocenters. The van der Waals surface area contributed by atoms with E-state index in [1.54, 1.807) is 6.92 Å². The van der Waals surface area contributed by atoms with Crippen molar-refractivity contribution in [1.29, 1.82) is 0 Å². The summed E-state index contributed by atoms with van der Waals surface area (Å²) in [5, 5.41) is 0. The SMILES string of the molecule is C=C(C)c1ccccc1C(C)=O.CCCCC. The van der Waals surface area contributed by atoms with Gasteiger partial charge in [0.25, 0.3) is 0 Å². The molecule has 0 radical (unpaired) electrons. The summed E-state index contributed by atoms with van der Waals surface area (Å²) >= 11 is 0. The van der Waals surface area contributed by atoms with Crippen molar-refractivity contribution in [1.82, 2.24) is 0 Å². The number of rotatable bonds is 4. The van der Waals surface area contributed by atoms with E-state index in [-0.39, 0.29) is 5.78 Å². The van der Waals surface area contributed by atoms with Crippen molar-refractivity contribution in [3.05, 3.63) is 42.0 Å². The van der Waals surface area contributed by atoms with Gasteiger partial charge in [0.05, 0.1) is 0 Å². The number of carbonyl (C=O) groups excluding carboxylic acids is 1. The van der Waals surface area contributed by atoms with Gasteiger partial charge < -0.3 is 0 Å². The van der Waals surface area contributed by atoms with E-state index in [0.717, 1.165) is 16.7 Å². The van der Waals surface area contributed by atoms with E-state index in [9.17, 15) is 4.79 Å².